The summed E-state index contributed by atoms with van der Waals surface area (Å²) >= 11 is 0. The third-order valence-corrected chi connectivity index (χ3v) is 5.00. The Morgan fingerprint density at radius 2 is 1.83 bits per heavy atom. The number of hydrogen-bond acceptors (Lipinski definition) is 5. The number of pyridine rings is 1. The molecule has 160 valence electrons. The number of urea groups is 1. The minimum Gasteiger partial charge on any atom is -0.449 e. The summed E-state index contributed by atoms with van der Waals surface area (Å²) in [6.07, 6.45) is 2.48. The van der Waals surface area contributed by atoms with Gasteiger partial charge in [-0.25, -0.2) is 9.59 Å². The zero-order valence-electron chi connectivity index (χ0n) is 18.2. The molecule has 1 atom stereocenters. The molecule has 3 rings (SSSR count). The lowest BCUT2D eigenvalue weighted by atomic mass is 9.89. The van der Waals surface area contributed by atoms with Gasteiger partial charge in [-0.1, -0.05) is 11.6 Å². The van der Waals surface area contributed by atoms with E-state index in [1.54, 1.807) is 20.8 Å². The number of aromatic nitrogens is 1. The molecule has 1 aromatic heterocycles. The van der Waals surface area contributed by atoms with E-state index in [2.05, 4.69) is 10.6 Å². The molecule has 1 heterocycles. The van der Waals surface area contributed by atoms with Crippen LogP contribution in [0.1, 0.15) is 67.7 Å². The van der Waals surface area contributed by atoms with Gasteiger partial charge >= 0.3 is 12.0 Å². The van der Waals surface area contributed by atoms with Gasteiger partial charge in [-0.15, -0.1) is 0 Å². The molecule has 0 unspecified atom stereocenters. The Bertz CT molecular complexity index is 1010. The van der Waals surface area contributed by atoms with Crippen LogP contribution in [0.25, 0.3) is 10.9 Å². The molecule has 2 N–H and O–H groups in total. The van der Waals surface area contributed by atoms with Gasteiger partial charge in [-0.05, 0) is 78.0 Å². The molecule has 0 radical (unpaired) electrons. The SMILES string of the molecule is Cc1ccc2nc3c(c(C(=O)O[C@@H](C)C(=O)NC(=O)NC(C)(C)C)c2c1)CCCC3. The second kappa shape index (κ2) is 8.42. The number of fused-ring (bicyclic) bond motifs is 2. The van der Waals surface area contributed by atoms with E-state index in [1.165, 1.54) is 6.92 Å². The molecule has 1 aliphatic carbocycles. The van der Waals surface area contributed by atoms with E-state index in [0.29, 0.717) is 5.56 Å². The molecule has 0 saturated carbocycles. The van der Waals surface area contributed by atoms with Gasteiger partial charge in [-0.3, -0.25) is 15.1 Å². The number of aryl methyl sites for hydroxylation is 2. The summed E-state index contributed by atoms with van der Waals surface area (Å²) in [5.74, 6) is -1.24. The molecule has 1 aromatic carbocycles. The molecule has 30 heavy (non-hydrogen) atoms. The molecular weight excluding hydrogens is 382 g/mol. The number of nitrogens with zero attached hydrogens (tertiary/aromatic N) is 1. The third kappa shape index (κ3) is 4.96. The largest absolute Gasteiger partial charge is 0.449 e. The van der Waals surface area contributed by atoms with Crippen LogP contribution in [0.4, 0.5) is 4.79 Å². The van der Waals surface area contributed by atoms with Crippen LogP contribution in [0, 0.1) is 6.92 Å². The molecule has 7 heteroatoms. The van der Waals surface area contributed by atoms with E-state index in [0.717, 1.165) is 53.4 Å². The molecule has 0 aliphatic heterocycles. The van der Waals surface area contributed by atoms with Gasteiger partial charge in [0.1, 0.15) is 0 Å². The molecule has 0 fully saturated rings. The molecule has 2 aromatic rings. The van der Waals surface area contributed by atoms with Crippen molar-refractivity contribution in [1.82, 2.24) is 15.6 Å². The van der Waals surface area contributed by atoms with Gasteiger partial charge < -0.3 is 10.1 Å². The van der Waals surface area contributed by atoms with Crippen LogP contribution in [0.15, 0.2) is 18.2 Å². The van der Waals surface area contributed by atoms with Crippen molar-refractivity contribution < 1.29 is 19.1 Å². The highest BCUT2D eigenvalue weighted by Crippen LogP contribution is 2.30. The highest BCUT2D eigenvalue weighted by atomic mass is 16.5. The van der Waals surface area contributed by atoms with Crippen molar-refractivity contribution in [2.75, 3.05) is 0 Å². The van der Waals surface area contributed by atoms with Crippen LogP contribution in [0.5, 0.6) is 0 Å². The molecule has 0 bridgehead atoms. The number of hydrogen-bond donors (Lipinski definition) is 2. The second-order valence-electron chi connectivity index (χ2n) is 8.88. The van der Waals surface area contributed by atoms with E-state index in [-0.39, 0.29) is 0 Å². The first-order chi connectivity index (χ1) is 14.0. The van der Waals surface area contributed by atoms with Crippen LogP contribution < -0.4 is 10.6 Å². The first-order valence-electron chi connectivity index (χ1n) is 10.3. The van der Waals surface area contributed by atoms with E-state index in [1.807, 2.05) is 25.1 Å². The summed E-state index contributed by atoms with van der Waals surface area (Å²) < 4.78 is 5.48. The van der Waals surface area contributed by atoms with E-state index in [9.17, 15) is 14.4 Å². The average molecular weight is 412 g/mol. The minimum absolute atomic E-state index is 0.484. The predicted octanol–water partition coefficient (Wildman–Crippen LogP) is 3.59. The fourth-order valence-corrected chi connectivity index (χ4v) is 3.63. The first kappa shape index (κ1) is 21.7. The maximum absolute atomic E-state index is 13.1. The Morgan fingerprint density at radius 1 is 1.13 bits per heavy atom. The lowest BCUT2D eigenvalue weighted by Crippen LogP contribution is -2.50. The number of esters is 1. The Kier molecular flexibility index (Phi) is 6.10. The highest BCUT2D eigenvalue weighted by Gasteiger charge is 2.27. The summed E-state index contributed by atoms with van der Waals surface area (Å²) in [5.41, 5.74) is 3.58. The number of nitrogens with one attached hydrogen (secondary N) is 2. The number of ether oxygens (including phenoxy) is 1. The summed E-state index contributed by atoms with van der Waals surface area (Å²) in [6.45, 7) is 8.83. The summed E-state index contributed by atoms with van der Waals surface area (Å²) in [6, 6.07) is 5.17. The van der Waals surface area contributed by atoms with Crippen molar-refractivity contribution in [3.05, 3.63) is 40.6 Å². The van der Waals surface area contributed by atoms with Crippen LogP contribution in [0.2, 0.25) is 0 Å². The topological polar surface area (TPSA) is 97.4 Å². The van der Waals surface area contributed by atoms with Crippen LogP contribution >= 0.6 is 0 Å². The van der Waals surface area contributed by atoms with Crippen molar-refractivity contribution >= 4 is 28.8 Å². The van der Waals surface area contributed by atoms with Gasteiger partial charge in [0.25, 0.3) is 5.91 Å². The first-order valence-corrected chi connectivity index (χ1v) is 10.3. The zero-order chi connectivity index (χ0) is 22.1. The number of amides is 3. The maximum atomic E-state index is 13.1. The van der Waals surface area contributed by atoms with Crippen molar-refractivity contribution in [2.24, 2.45) is 0 Å². The molecule has 0 saturated heterocycles. The normalized spacial score (nSPS) is 14.6. The highest BCUT2D eigenvalue weighted by molar-refractivity contribution is 6.06. The number of carbonyl (C=O) groups is 3. The number of carbonyl (C=O) groups excluding carboxylic acids is 3. The Morgan fingerprint density at radius 3 is 2.53 bits per heavy atom. The van der Waals surface area contributed by atoms with Gasteiger partial charge in [0.05, 0.1) is 11.1 Å². The van der Waals surface area contributed by atoms with Crippen molar-refractivity contribution in [1.29, 1.82) is 0 Å². The molecule has 3 amide bonds. The van der Waals surface area contributed by atoms with E-state index in [4.69, 9.17) is 9.72 Å². The van der Waals surface area contributed by atoms with Gasteiger partial charge in [-0.2, -0.15) is 0 Å². The third-order valence-electron chi connectivity index (χ3n) is 5.00. The van der Waals surface area contributed by atoms with Crippen molar-refractivity contribution in [3.8, 4) is 0 Å². The Balaban J connectivity index is 1.85. The average Bonchev–Trinajstić information content (AvgIpc) is 2.64. The quantitative estimate of drug-likeness (QED) is 0.752. The van der Waals surface area contributed by atoms with E-state index >= 15 is 0 Å². The monoisotopic (exact) mass is 411 g/mol. The van der Waals surface area contributed by atoms with Crippen LogP contribution in [-0.2, 0) is 22.4 Å². The summed E-state index contributed by atoms with van der Waals surface area (Å²) in [5, 5.41) is 5.60. The number of benzene rings is 1. The summed E-state index contributed by atoms with van der Waals surface area (Å²) in [7, 11) is 0. The van der Waals surface area contributed by atoms with Crippen molar-refractivity contribution in [3.63, 3.8) is 0 Å². The maximum Gasteiger partial charge on any atom is 0.339 e. The lowest BCUT2D eigenvalue weighted by molar-refractivity contribution is -0.127. The van der Waals surface area contributed by atoms with Crippen LogP contribution in [0.3, 0.4) is 0 Å². The summed E-state index contributed by atoms with van der Waals surface area (Å²) in [4.78, 5) is 42.2. The molecular formula is C23H29N3O4. The zero-order valence-corrected chi connectivity index (χ0v) is 18.2. The minimum atomic E-state index is -1.12. The van der Waals surface area contributed by atoms with Gasteiger partial charge in [0.2, 0.25) is 0 Å². The number of rotatable bonds is 3. The number of imide groups is 1. The lowest BCUT2D eigenvalue weighted by Gasteiger charge is -2.22. The Hall–Kier alpha value is -2.96. The fourth-order valence-electron chi connectivity index (χ4n) is 3.63. The molecule has 0 spiro atoms. The molecule has 1 aliphatic rings. The van der Waals surface area contributed by atoms with Crippen LogP contribution in [-0.4, -0.2) is 34.5 Å². The second-order valence-corrected chi connectivity index (χ2v) is 8.88. The van der Waals surface area contributed by atoms with Crippen molar-refractivity contribution in [2.45, 2.75) is 71.9 Å². The predicted molar refractivity (Wildman–Crippen MR) is 114 cm³/mol. The standard InChI is InChI=1S/C23H29N3O4/c1-13-10-11-18-16(12-13)19(15-8-6-7-9-17(15)24-18)21(28)30-14(2)20(27)25-22(29)26-23(3,4)5/h10-12,14H,6-9H2,1-5H3,(H2,25,26,27,29)/t14-/m0/s1. The Labute approximate surface area is 176 Å². The van der Waals surface area contributed by atoms with Gasteiger partial charge in [0, 0.05) is 16.6 Å². The van der Waals surface area contributed by atoms with E-state index < -0.39 is 29.6 Å². The van der Waals surface area contributed by atoms with Gasteiger partial charge in [0.15, 0.2) is 6.10 Å². The molecule has 7 nitrogen and oxygen atoms in total. The fraction of sp³-hybridized carbons (Fsp3) is 0.478. The smallest absolute Gasteiger partial charge is 0.339 e.